The van der Waals surface area contributed by atoms with Gasteiger partial charge in [-0.05, 0) is 43.9 Å². The Morgan fingerprint density at radius 3 is 2.55 bits per heavy atom. The van der Waals surface area contributed by atoms with Gasteiger partial charge < -0.3 is 20.3 Å². The van der Waals surface area contributed by atoms with E-state index >= 15 is 0 Å². The standard InChI is InChI=1S/C16H23N3O3/c1-11-5-4-6-14(12(11)2)18-15(20)17-13-7-9-19(10-8-13)16(21)22-3/h4-6,13H,7-10H2,1-3H3,(H2,17,18,20). The van der Waals surface area contributed by atoms with Crippen LogP contribution in [0.2, 0.25) is 0 Å². The first-order valence-corrected chi connectivity index (χ1v) is 7.48. The van der Waals surface area contributed by atoms with Gasteiger partial charge in [0.25, 0.3) is 0 Å². The van der Waals surface area contributed by atoms with Gasteiger partial charge in [0.2, 0.25) is 0 Å². The van der Waals surface area contributed by atoms with E-state index in [-0.39, 0.29) is 18.2 Å². The quantitative estimate of drug-likeness (QED) is 0.882. The number of rotatable bonds is 2. The Labute approximate surface area is 130 Å². The summed E-state index contributed by atoms with van der Waals surface area (Å²) in [6.07, 6.45) is 1.16. The first-order valence-electron chi connectivity index (χ1n) is 7.48. The van der Waals surface area contributed by atoms with Gasteiger partial charge >= 0.3 is 12.1 Å². The van der Waals surface area contributed by atoms with Gasteiger partial charge in [-0.1, -0.05) is 12.1 Å². The van der Waals surface area contributed by atoms with Crippen LogP contribution in [0.25, 0.3) is 0 Å². The summed E-state index contributed by atoms with van der Waals surface area (Å²) in [4.78, 5) is 25.2. The third kappa shape index (κ3) is 3.90. The van der Waals surface area contributed by atoms with Crippen LogP contribution >= 0.6 is 0 Å². The number of hydrogen-bond acceptors (Lipinski definition) is 3. The van der Waals surface area contributed by atoms with Crippen LogP contribution < -0.4 is 10.6 Å². The van der Waals surface area contributed by atoms with E-state index in [1.807, 2.05) is 32.0 Å². The molecule has 1 aromatic carbocycles. The van der Waals surface area contributed by atoms with Crippen LogP contribution in [0.3, 0.4) is 0 Å². The number of carbonyl (C=O) groups is 2. The SMILES string of the molecule is COC(=O)N1CCC(NC(=O)Nc2cccc(C)c2C)CC1. The highest BCUT2D eigenvalue weighted by molar-refractivity contribution is 5.90. The molecule has 3 amide bonds. The van der Waals surface area contributed by atoms with Crippen molar-refractivity contribution in [2.75, 3.05) is 25.5 Å². The van der Waals surface area contributed by atoms with E-state index in [1.54, 1.807) is 4.90 Å². The molecular formula is C16H23N3O3. The van der Waals surface area contributed by atoms with Crippen molar-refractivity contribution in [2.24, 2.45) is 0 Å². The Kier molecular flexibility index (Phi) is 5.25. The molecule has 1 saturated heterocycles. The predicted octanol–water partition coefficient (Wildman–Crippen LogP) is 2.66. The van der Waals surface area contributed by atoms with Crippen molar-refractivity contribution >= 4 is 17.8 Å². The smallest absolute Gasteiger partial charge is 0.409 e. The van der Waals surface area contributed by atoms with Crippen molar-refractivity contribution in [1.29, 1.82) is 0 Å². The molecule has 0 saturated carbocycles. The van der Waals surface area contributed by atoms with Crippen LogP contribution in [-0.4, -0.2) is 43.3 Å². The van der Waals surface area contributed by atoms with Gasteiger partial charge in [0, 0.05) is 24.8 Å². The Hall–Kier alpha value is -2.24. The van der Waals surface area contributed by atoms with E-state index in [0.717, 1.165) is 29.7 Å². The average molecular weight is 305 g/mol. The fourth-order valence-electron chi connectivity index (χ4n) is 2.57. The monoisotopic (exact) mass is 305 g/mol. The van der Waals surface area contributed by atoms with Crippen LogP contribution in [0.1, 0.15) is 24.0 Å². The Morgan fingerprint density at radius 2 is 1.91 bits per heavy atom. The maximum Gasteiger partial charge on any atom is 0.409 e. The van der Waals surface area contributed by atoms with Crippen molar-refractivity contribution in [2.45, 2.75) is 32.7 Å². The lowest BCUT2D eigenvalue weighted by atomic mass is 10.1. The number of benzene rings is 1. The van der Waals surface area contributed by atoms with Crippen molar-refractivity contribution in [1.82, 2.24) is 10.2 Å². The van der Waals surface area contributed by atoms with Crippen LogP contribution in [0, 0.1) is 13.8 Å². The first kappa shape index (κ1) is 16.1. The molecule has 0 unspecified atom stereocenters. The fraction of sp³-hybridized carbons (Fsp3) is 0.500. The van der Waals surface area contributed by atoms with Crippen LogP contribution in [-0.2, 0) is 4.74 Å². The van der Waals surface area contributed by atoms with Gasteiger partial charge in [-0.25, -0.2) is 9.59 Å². The summed E-state index contributed by atoms with van der Waals surface area (Å²) < 4.78 is 4.70. The van der Waals surface area contributed by atoms with E-state index in [2.05, 4.69) is 10.6 Å². The molecule has 22 heavy (non-hydrogen) atoms. The molecule has 1 aliphatic heterocycles. The second-order valence-electron chi connectivity index (χ2n) is 5.58. The number of likely N-dealkylation sites (tertiary alicyclic amines) is 1. The maximum absolute atomic E-state index is 12.1. The number of aryl methyl sites for hydroxylation is 1. The minimum Gasteiger partial charge on any atom is -0.453 e. The molecule has 1 aliphatic rings. The lowest BCUT2D eigenvalue weighted by Crippen LogP contribution is -2.47. The Bertz CT molecular complexity index is 552. The van der Waals surface area contributed by atoms with Crippen molar-refractivity contribution in [3.8, 4) is 0 Å². The zero-order chi connectivity index (χ0) is 16.1. The summed E-state index contributed by atoms with van der Waals surface area (Å²) in [6.45, 7) is 5.20. The molecule has 120 valence electrons. The number of anilines is 1. The highest BCUT2D eigenvalue weighted by Crippen LogP contribution is 2.18. The van der Waals surface area contributed by atoms with Gasteiger partial charge in [0.15, 0.2) is 0 Å². The zero-order valence-corrected chi connectivity index (χ0v) is 13.3. The third-order valence-electron chi connectivity index (χ3n) is 4.12. The van der Waals surface area contributed by atoms with E-state index < -0.39 is 0 Å². The first-order chi connectivity index (χ1) is 10.5. The number of carbonyl (C=O) groups excluding carboxylic acids is 2. The lowest BCUT2D eigenvalue weighted by molar-refractivity contribution is 0.110. The summed E-state index contributed by atoms with van der Waals surface area (Å²) in [6, 6.07) is 5.70. The van der Waals surface area contributed by atoms with Crippen LogP contribution in [0.15, 0.2) is 18.2 Å². The summed E-state index contributed by atoms with van der Waals surface area (Å²) >= 11 is 0. The molecule has 1 heterocycles. The topological polar surface area (TPSA) is 70.7 Å². The number of amides is 3. The van der Waals surface area contributed by atoms with E-state index in [9.17, 15) is 9.59 Å². The second kappa shape index (κ2) is 7.15. The van der Waals surface area contributed by atoms with Crippen molar-refractivity contribution in [3.05, 3.63) is 29.3 Å². The lowest BCUT2D eigenvalue weighted by Gasteiger charge is -2.31. The molecule has 0 atom stereocenters. The number of urea groups is 1. The third-order valence-corrected chi connectivity index (χ3v) is 4.12. The average Bonchev–Trinajstić information content (AvgIpc) is 2.52. The van der Waals surface area contributed by atoms with Crippen molar-refractivity contribution in [3.63, 3.8) is 0 Å². The van der Waals surface area contributed by atoms with Crippen LogP contribution in [0.4, 0.5) is 15.3 Å². The minimum atomic E-state index is -0.307. The van der Waals surface area contributed by atoms with Crippen molar-refractivity contribution < 1.29 is 14.3 Å². The Balaban J connectivity index is 1.83. The molecule has 2 rings (SSSR count). The summed E-state index contributed by atoms with van der Waals surface area (Å²) in [5.41, 5.74) is 3.03. The summed E-state index contributed by atoms with van der Waals surface area (Å²) in [7, 11) is 1.38. The zero-order valence-electron chi connectivity index (χ0n) is 13.3. The summed E-state index contributed by atoms with van der Waals surface area (Å²) in [5, 5.41) is 5.85. The molecule has 1 aromatic rings. The number of nitrogens with one attached hydrogen (secondary N) is 2. The van der Waals surface area contributed by atoms with Crippen LogP contribution in [0.5, 0.6) is 0 Å². The molecule has 0 aliphatic carbocycles. The minimum absolute atomic E-state index is 0.0750. The molecule has 2 N–H and O–H groups in total. The molecule has 1 fully saturated rings. The molecule has 6 heteroatoms. The highest BCUT2D eigenvalue weighted by Gasteiger charge is 2.24. The van der Waals surface area contributed by atoms with Gasteiger partial charge in [0.05, 0.1) is 7.11 Å². The fourth-order valence-corrected chi connectivity index (χ4v) is 2.57. The Morgan fingerprint density at radius 1 is 1.23 bits per heavy atom. The highest BCUT2D eigenvalue weighted by atomic mass is 16.5. The largest absolute Gasteiger partial charge is 0.453 e. The van der Waals surface area contributed by atoms with E-state index in [4.69, 9.17) is 4.74 Å². The number of hydrogen-bond donors (Lipinski definition) is 2. The number of nitrogens with zero attached hydrogens (tertiary/aromatic N) is 1. The molecule has 0 spiro atoms. The molecule has 0 bridgehead atoms. The van der Waals surface area contributed by atoms with Gasteiger partial charge in [-0.2, -0.15) is 0 Å². The molecule has 0 radical (unpaired) electrons. The summed E-state index contributed by atoms with van der Waals surface area (Å²) in [5.74, 6) is 0. The second-order valence-corrected chi connectivity index (χ2v) is 5.58. The molecule has 6 nitrogen and oxygen atoms in total. The van der Waals surface area contributed by atoms with Gasteiger partial charge in [0.1, 0.15) is 0 Å². The number of methoxy groups -OCH3 is 1. The number of ether oxygens (including phenoxy) is 1. The number of piperidine rings is 1. The van der Waals surface area contributed by atoms with E-state index in [0.29, 0.717) is 13.1 Å². The molecular weight excluding hydrogens is 282 g/mol. The van der Waals surface area contributed by atoms with Gasteiger partial charge in [-0.3, -0.25) is 0 Å². The normalized spacial score (nSPS) is 15.3. The van der Waals surface area contributed by atoms with E-state index in [1.165, 1.54) is 7.11 Å². The molecule has 0 aromatic heterocycles. The predicted molar refractivity (Wildman–Crippen MR) is 85.1 cm³/mol. The van der Waals surface area contributed by atoms with Gasteiger partial charge in [-0.15, -0.1) is 0 Å². The maximum atomic E-state index is 12.1.